The SMILES string of the molecule is CC(C)c1ccc(C(C)NCc2ccc(Cl)cc2Cl)cc1. The highest BCUT2D eigenvalue weighted by Gasteiger charge is 2.07. The van der Waals surface area contributed by atoms with Crippen LogP contribution in [0.25, 0.3) is 0 Å². The van der Waals surface area contributed by atoms with Gasteiger partial charge >= 0.3 is 0 Å². The zero-order valence-corrected chi connectivity index (χ0v) is 14.2. The second kappa shape index (κ2) is 7.31. The van der Waals surface area contributed by atoms with Crippen molar-refractivity contribution in [2.24, 2.45) is 0 Å². The lowest BCUT2D eigenvalue weighted by Gasteiger charge is -2.16. The summed E-state index contributed by atoms with van der Waals surface area (Å²) in [6.45, 7) is 7.30. The molecule has 0 saturated heterocycles. The van der Waals surface area contributed by atoms with E-state index < -0.39 is 0 Å². The minimum absolute atomic E-state index is 0.276. The molecule has 1 nitrogen and oxygen atoms in total. The van der Waals surface area contributed by atoms with Crippen molar-refractivity contribution in [2.45, 2.75) is 39.3 Å². The first kappa shape index (κ1) is 16.4. The van der Waals surface area contributed by atoms with Crippen LogP contribution < -0.4 is 5.32 Å². The summed E-state index contributed by atoms with van der Waals surface area (Å²) in [6, 6.07) is 14.7. The first-order valence-corrected chi connectivity index (χ1v) is 8.00. The fourth-order valence-corrected chi connectivity index (χ4v) is 2.69. The molecule has 0 radical (unpaired) electrons. The molecule has 1 unspecified atom stereocenters. The van der Waals surface area contributed by atoms with Gasteiger partial charge in [-0.15, -0.1) is 0 Å². The summed E-state index contributed by atoms with van der Waals surface area (Å²) in [4.78, 5) is 0. The lowest BCUT2D eigenvalue weighted by molar-refractivity contribution is 0.574. The van der Waals surface area contributed by atoms with Gasteiger partial charge in [0.05, 0.1) is 0 Å². The molecular weight excluding hydrogens is 301 g/mol. The van der Waals surface area contributed by atoms with Crippen LogP contribution in [0.3, 0.4) is 0 Å². The van der Waals surface area contributed by atoms with Gasteiger partial charge in [-0.25, -0.2) is 0 Å². The van der Waals surface area contributed by atoms with Crippen LogP contribution in [-0.4, -0.2) is 0 Å². The Bertz CT molecular complexity index is 591. The van der Waals surface area contributed by atoms with Gasteiger partial charge in [-0.2, -0.15) is 0 Å². The molecule has 0 heterocycles. The minimum Gasteiger partial charge on any atom is -0.306 e. The third kappa shape index (κ3) is 4.47. The Labute approximate surface area is 137 Å². The predicted octanol–water partition coefficient (Wildman–Crippen LogP) is 5.97. The fraction of sp³-hybridized carbons (Fsp3) is 0.333. The zero-order chi connectivity index (χ0) is 15.4. The topological polar surface area (TPSA) is 12.0 Å². The number of halogens is 2. The van der Waals surface area contributed by atoms with Crippen LogP contribution in [0.5, 0.6) is 0 Å². The molecule has 0 bridgehead atoms. The Balaban J connectivity index is 1.99. The van der Waals surface area contributed by atoms with Crippen LogP contribution in [-0.2, 0) is 6.54 Å². The maximum atomic E-state index is 6.19. The molecule has 21 heavy (non-hydrogen) atoms. The highest BCUT2D eigenvalue weighted by molar-refractivity contribution is 6.35. The maximum absolute atomic E-state index is 6.19. The van der Waals surface area contributed by atoms with E-state index in [4.69, 9.17) is 23.2 Å². The second-order valence-electron chi connectivity index (χ2n) is 5.66. The van der Waals surface area contributed by atoms with E-state index in [1.807, 2.05) is 12.1 Å². The van der Waals surface area contributed by atoms with Crippen LogP contribution >= 0.6 is 23.2 Å². The average Bonchev–Trinajstić information content (AvgIpc) is 2.46. The van der Waals surface area contributed by atoms with E-state index in [2.05, 4.69) is 50.4 Å². The largest absolute Gasteiger partial charge is 0.306 e. The Morgan fingerprint density at radius 1 is 0.905 bits per heavy atom. The summed E-state index contributed by atoms with van der Waals surface area (Å²) >= 11 is 12.1. The molecule has 2 aromatic carbocycles. The second-order valence-corrected chi connectivity index (χ2v) is 6.50. The van der Waals surface area contributed by atoms with E-state index in [-0.39, 0.29) is 6.04 Å². The van der Waals surface area contributed by atoms with Crippen molar-refractivity contribution in [3.63, 3.8) is 0 Å². The third-order valence-corrected chi connectivity index (χ3v) is 4.30. The van der Waals surface area contributed by atoms with Gasteiger partial charge in [-0.3, -0.25) is 0 Å². The standard InChI is InChI=1S/C18H21Cl2N/c1-12(2)14-4-6-15(7-5-14)13(3)21-11-16-8-9-17(19)10-18(16)20/h4-10,12-13,21H,11H2,1-3H3. The Kier molecular flexibility index (Phi) is 5.69. The van der Waals surface area contributed by atoms with E-state index in [9.17, 15) is 0 Å². The summed E-state index contributed by atoms with van der Waals surface area (Å²) in [5, 5.41) is 4.87. The van der Waals surface area contributed by atoms with Crippen molar-refractivity contribution in [3.05, 3.63) is 69.2 Å². The summed E-state index contributed by atoms with van der Waals surface area (Å²) < 4.78 is 0. The highest BCUT2D eigenvalue weighted by Crippen LogP contribution is 2.22. The summed E-state index contributed by atoms with van der Waals surface area (Å²) in [5.41, 5.74) is 3.71. The van der Waals surface area contributed by atoms with E-state index >= 15 is 0 Å². The van der Waals surface area contributed by atoms with E-state index in [1.165, 1.54) is 11.1 Å². The van der Waals surface area contributed by atoms with Gasteiger partial charge in [0.15, 0.2) is 0 Å². The van der Waals surface area contributed by atoms with Crippen molar-refractivity contribution in [2.75, 3.05) is 0 Å². The molecule has 0 aliphatic heterocycles. The summed E-state index contributed by atoms with van der Waals surface area (Å²) in [6.07, 6.45) is 0. The van der Waals surface area contributed by atoms with Gasteiger partial charge in [-0.05, 0) is 41.7 Å². The molecule has 0 fully saturated rings. The van der Waals surface area contributed by atoms with Crippen LogP contribution in [0.1, 0.15) is 49.4 Å². The molecule has 0 spiro atoms. The minimum atomic E-state index is 0.276. The van der Waals surface area contributed by atoms with Crippen molar-refractivity contribution in [1.29, 1.82) is 0 Å². The molecule has 0 aliphatic carbocycles. The van der Waals surface area contributed by atoms with Gasteiger partial charge in [0, 0.05) is 22.6 Å². The number of nitrogens with one attached hydrogen (secondary N) is 1. The Morgan fingerprint density at radius 3 is 2.10 bits per heavy atom. The van der Waals surface area contributed by atoms with Crippen LogP contribution in [0.4, 0.5) is 0 Å². The van der Waals surface area contributed by atoms with Gasteiger partial charge in [0.2, 0.25) is 0 Å². The molecule has 0 aliphatic rings. The van der Waals surface area contributed by atoms with Crippen molar-refractivity contribution in [3.8, 4) is 0 Å². The smallest absolute Gasteiger partial charge is 0.0465 e. The molecule has 3 heteroatoms. The number of benzene rings is 2. The quantitative estimate of drug-likeness (QED) is 0.715. The molecule has 2 rings (SSSR count). The number of hydrogen-bond acceptors (Lipinski definition) is 1. The van der Waals surface area contributed by atoms with Crippen molar-refractivity contribution >= 4 is 23.2 Å². The first-order valence-electron chi connectivity index (χ1n) is 7.24. The molecule has 1 atom stereocenters. The van der Waals surface area contributed by atoms with Crippen molar-refractivity contribution in [1.82, 2.24) is 5.32 Å². The molecule has 0 saturated carbocycles. The normalized spacial score (nSPS) is 12.7. The number of hydrogen-bond donors (Lipinski definition) is 1. The molecule has 2 aromatic rings. The maximum Gasteiger partial charge on any atom is 0.0465 e. The molecule has 0 aromatic heterocycles. The molecule has 112 valence electrons. The van der Waals surface area contributed by atoms with E-state index in [1.54, 1.807) is 6.07 Å². The molecule has 0 amide bonds. The fourth-order valence-electron chi connectivity index (χ4n) is 2.22. The van der Waals surface area contributed by atoms with Crippen LogP contribution in [0.2, 0.25) is 10.0 Å². The Hall–Kier alpha value is -1.02. The lowest BCUT2D eigenvalue weighted by Crippen LogP contribution is -2.18. The third-order valence-electron chi connectivity index (χ3n) is 3.72. The van der Waals surface area contributed by atoms with Gasteiger partial charge < -0.3 is 5.32 Å². The summed E-state index contributed by atoms with van der Waals surface area (Å²) in [5.74, 6) is 0.565. The number of rotatable bonds is 5. The van der Waals surface area contributed by atoms with Crippen LogP contribution in [0.15, 0.2) is 42.5 Å². The predicted molar refractivity (Wildman–Crippen MR) is 92.2 cm³/mol. The van der Waals surface area contributed by atoms with Crippen LogP contribution in [0, 0.1) is 0 Å². The molecular formula is C18H21Cl2N. The first-order chi connectivity index (χ1) is 9.97. The average molecular weight is 322 g/mol. The highest BCUT2D eigenvalue weighted by atomic mass is 35.5. The zero-order valence-electron chi connectivity index (χ0n) is 12.7. The van der Waals surface area contributed by atoms with Gasteiger partial charge in [0.1, 0.15) is 0 Å². The van der Waals surface area contributed by atoms with Gasteiger partial charge in [0.25, 0.3) is 0 Å². The van der Waals surface area contributed by atoms with E-state index in [0.717, 1.165) is 12.1 Å². The summed E-state index contributed by atoms with van der Waals surface area (Å²) in [7, 11) is 0. The lowest BCUT2D eigenvalue weighted by atomic mass is 9.99. The van der Waals surface area contributed by atoms with E-state index in [0.29, 0.717) is 16.0 Å². The van der Waals surface area contributed by atoms with Crippen molar-refractivity contribution < 1.29 is 0 Å². The van der Waals surface area contributed by atoms with Gasteiger partial charge in [-0.1, -0.05) is 67.4 Å². The monoisotopic (exact) mass is 321 g/mol. The Morgan fingerprint density at radius 2 is 1.52 bits per heavy atom. The molecule has 1 N–H and O–H groups in total.